The quantitative estimate of drug-likeness (QED) is 0.0513. The molecule has 6 nitrogen and oxygen atoms in total. The van der Waals surface area contributed by atoms with E-state index < -0.39 is 6.10 Å². The van der Waals surface area contributed by atoms with Crippen LogP contribution in [0.1, 0.15) is 142 Å². The van der Waals surface area contributed by atoms with Crippen molar-refractivity contribution in [3.63, 3.8) is 0 Å². The van der Waals surface area contributed by atoms with Gasteiger partial charge in [0.1, 0.15) is 19.3 Å². The molecule has 0 spiro atoms. The van der Waals surface area contributed by atoms with Crippen molar-refractivity contribution in [1.29, 1.82) is 0 Å². The Balaban J connectivity index is 3.61. The molecule has 0 aliphatic heterocycles. The molecule has 0 aromatic carbocycles. The molecule has 2 N–H and O–H groups in total. The minimum Gasteiger partial charge on any atom is -0.463 e. The van der Waals surface area contributed by atoms with Gasteiger partial charge in [0, 0.05) is 12.8 Å². The number of aliphatic hydroxyl groups excluding tert-OH is 2. The van der Waals surface area contributed by atoms with Gasteiger partial charge >= 0.3 is 11.9 Å². The number of allylic oxidation sites excluding steroid dienone is 7. The third kappa shape index (κ3) is 30.8. The Morgan fingerprint density at radius 3 is 1.52 bits per heavy atom. The van der Waals surface area contributed by atoms with Gasteiger partial charge in [0.2, 0.25) is 0 Å². The number of hydrogen-bond acceptors (Lipinski definition) is 6. The molecule has 0 fully saturated rings. The molecule has 0 saturated heterocycles. The van der Waals surface area contributed by atoms with Crippen LogP contribution >= 0.6 is 0 Å². The van der Waals surface area contributed by atoms with E-state index in [9.17, 15) is 19.8 Å². The predicted molar refractivity (Wildman–Crippen MR) is 174 cm³/mol. The van der Waals surface area contributed by atoms with Crippen LogP contribution in [0.3, 0.4) is 0 Å². The highest BCUT2D eigenvalue weighted by Crippen LogP contribution is 2.11. The number of carbonyl (C=O) groups is 2. The fraction of sp³-hybridized carbons (Fsp3) is 0.722. The molecule has 2 atom stereocenters. The summed E-state index contributed by atoms with van der Waals surface area (Å²) in [7, 11) is 0. The zero-order valence-electron chi connectivity index (χ0n) is 26.9. The molecule has 242 valence electrons. The molecule has 0 saturated carbocycles. The number of rotatable bonds is 29. The van der Waals surface area contributed by atoms with Crippen molar-refractivity contribution >= 4 is 11.9 Å². The monoisotopic (exact) mass is 590 g/mol. The summed E-state index contributed by atoms with van der Waals surface area (Å²) in [6.45, 7) is 4.02. The summed E-state index contributed by atoms with van der Waals surface area (Å²) >= 11 is 0. The fourth-order valence-corrected chi connectivity index (χ4v) is 4.33. The Morgan fingerprint density at radius 1 is 0.548 bits per heavy atom. The van der Waals surface area contributed by atoms with Crippen LogP contribution in [0.25, 0.3) is 0 Å². The van der Waals surface area contributed by atoms with Crippen molar-refractivity contribution in [3.8, 4) is 0 Å². The van der Waals surface area contributed by atoms with E-state index in [4.69, 9.17) is 9.47 Å². The summed E-state index contributed by atoms with van der Waals surface area (Å²) in [6, 6.07) is 0. The lowest BCUT2D eigenvalue weighted by molar-refractivity contribution is -0.152. The van der Waals surface area contributed by atoms with Gasteiger partial charge in [0.05, 0.1) is 6.10 Å². The van der Waals surface area contributed by atoms with Gasteiger partial charge in [-0.1, -0.05) is 127 Å². The third-order valence-electron chi connectivity index (χ3n) is 6.87. The zero-order chi connectivity index (χ0) is 30.9. The molecule has 0 bridgehead atoms. The van der Waals surface area contributed by atoms with Gasteiger partial charge in [-0.25, -0.2) is 0 Å². The first-order valence-corrected chi connectivity index (χ1v) is 16.8. The van der Waals surface area contributed by atoms with Crippen molar-refractivity contribution in [1.82, 2.24) is 0 Å². The Morgan fingerprint density at radius 2 is 1.00 bits per heavy atom. The average molecular weight is 591 g/mol. The number of esters is 2. The molecule has 0 rings (SSSR count). The van der Waals surface area contributed by atoms with Crippen LogP contribution in [0.5, 0.6) is 0 Å². The van der Waals surface area contributed by atoms with E-state index in [0.29, 0.717) is 19.3 Å². The first-order valence-electron chi connectivity index (χ1n) is 16.8. The van der Waals surface area contributed by atoms with Crippen LogP contribution in [0, 0.1) is 0 Å². The molecular weight excluding hydrogens is 528 g/mol. The largest absolute Gasteiger partial charge is 0.463 e. The molecule has 0 aromatic rings. The highest BCUT2D eigenvalue weighted by molar-refractivity contribution is 5.69. The topological polar surface area (TPSA) is 93.1 Å². The molecule has 0 heterocycles. The summed E-state index contributed by atoms with van der Waals surface area (Å²) in [5.74, 6) is -0.654. The van der Waals surface area contributed by atoms with E-state index in [0.717, 1.165) is 64.2 Å². The normalized spacial score (nSPS) is 13.5. The standard InChI is InChI=1S/C36H62O6/c1-3-5-6-7-8-9-16-19-22-25-29-35(39)41-31-34(38)32-42-36(40)30-26-23-20-17-14-12-10-11-13-15-18-21-24-28-33(37)27-4-2/h10,12-13,15,17,20-21,24,33-34,37-38H,3-9,11,14,16,18-19,22-23,25-32H2,1-2H3/b12-10-,15-13-,20-17-,24-21-/t33?,34-/m1/s1. The number of unbranched alkanes of at least 4 members (excludes halogenated alkanes) is 10. The number of ether oxygens (including phenoxy) is 2. The summed E-state index contributed by atoms with van der Waals surface area (Å²) in [4.78, 5) is 23.7. The molecule has 0 aliphatic carbocycles. The molecule has 0 radical (unpaired) electrons. The Labute approximate surface area is 257 Å². The van der Waals surface area contributed by atoms with Crippen LogP contribution in [0.2, 0.25) is 0 Å². The molecule has 0 amide bonds. The van der Waals surface area contributed by atoms with Crippen LogP contribution in [-0.4, -0.2) is 47.6 Å². The zero-order valence-corrected chi connectivity index (χ0v) is 26.9. The average Bonchev–Trinajstić information content (AvgIpc) is 2.98. The molecular formula is C36H62O6. The maximum atomic E-state index is 11.9. The van der Waals surface area contributed by atoms with Gasteiger partial charge in [-0.15, -0.1) is 0 Å². The van der Waals surface area contributed by atoms with Crippen LogP contribution < -0.4 is 0 Å². The van der Waals surface area contributed by atoms with Gasteiger partial charge in [0.15, 0.2) is 0 Å². The fourth-order valence-electron chi connectivity index (χ4n) is 4.33. The highest BCUT2D eigenvalue weighted by Gasteiger charge is 2.12. The summed E-state index contributed by atoms with van der Waals surface area (Å²) in [6.07, 6.45) is 35.1. The van der Waals surface area contributed by atoms with E-state index in [1.807, 2.05) is 6.08 Å². The Bertz CT molecular complexity index is 739. The van der Waals surface area contributed by atoms with E-state index in [1.165, 1.54) is 44.9 Å². The molecule has 1 unspecified atom stereocenters. The molecule has 0 aliphatic rings. The second-order valence-electron chi connectivity index (χ2n) is 11.1. The second-order valence-corrected chi connectivity index (χ2v) is 11.1. The minimum atomic E-state index is -0.992. The summed E-state index contributed by atoms with van der Waals surface area (Å²) in [5, 5.41) is 19.6. The van der Waals surface area contributed by atoms with Gasteiger partial charge in [-0.2, -0.15) is 0 Å². The smallest absolute Gasteiger partial charge is 0.305 e. The molecule has 6 heteroatoms. The number of aliphatic hydroxyl groups is 2. The third-order valence-corrected chi connectivity index (χ3v) is 6.87. The SMILES string of the molecule is CCCCCCCCCCCCC(=O)OC[C@@H](O)COC(=O)CCC/C=C\C/C=C\C/C=C\C/C=C\CC(O)CCC. The summed E-state index contributed by atoms with van der Waals surface area (Å²) < 4.78 is 10.2. The van der Waals surface area contributed by atoms with E-state index >= 15 is 0 Å². The van der Waals surface area contributed by atoms with Gasteiger partial charge in [-0.3, -0.25) is 9.59 Å². The van der Waals surface area contributed by atoms with E-state index in [2.05, 4.69) is 56.4 Å². The summed E-state index contributed by atoms with van der Waals surface area (Å²) in [5.41, 5.74) is 0. The maximum absolute atomic E-state index is 11.9. The van der Waals surface area contributed by atoms with Crippen molar-refractivity contribution in [3.05, 3.63) is 48.6 Å². The first-order chi connectivity index (χ1) is 20.5. The van der Waals surface area contributed by atoms with Gasteiger partial charge < -0.3 is 19.7 Å². The van der Waals surface area contributed by atoms with Gasteiger partial charge in [0.25, 0.3) is 0 Å². The van der Waals surface area contributed by atoms with Crippen molar-refractivity contribution in [2.75, 3.05) is 13.2 Å². The lowest BCUT2D eigenvalue weighted by Crippen LogP contribution is -2.25. The Kier molecular flexibility index (Phi) is 30.1. The second kappa shape index (κ2) is 31.7. The van der Waals surface area contributed by atoms with Crippen LogP contribution in [0.15, 0.2) is 48.6 Å². The van der Waals surface area contributed by atoms with Gasteiger partial charge in [-0.05, 0) is 51.4 Å². The number of hydrogen-bond donors (Lipinski definition) is 2. The highest BCUT2D eigenvalue weighted by atomic mass is 16.6. The van der Waals surface area contributed by atoms with E-state index in [1.54, 1.807) is 0 Å². The molecule has 0 aromatic heterocycles. The lowest BCUT2D eigenvalue weighted by atomic mass is 10.1. The first kappa shape index (κ1) is 39.8. The van der Waals surface area contributed by atoms with Crippen molar-refractivity contribution in [2.24, 2.45) is 0 Å². The Hall–Kier alpha value is -2.18. The number of carbonyl (C=O) groups excluding carboxylic acids is 2. The maximum Gasteiger partial charge on any atom is 0.305 e. The van der Waals surface area contributed by atoms with Crippen molar-refractivity contribution in [2.45, 2.75) is 154 Å². The predicted octanol–water partition coefficient (Wildman–Crippen LogP) is 8.86. The lowest BCUT2D eigenvalue weighted by Gasteiger charge is -2.12. The van der Waals surface area contributed by atoms with E-state index in [-0.39, 0.29) is 31.3 Å². The van der Waals surface area contributed by atoms with Crippen LogP contribution in [-0.2, 0) is 19.1 Å². The molecule has 42 heavy (non-hydrogen) atoms. The van der Waals surface area contributed by atoms with Crippen molar-refractivity contribution < 1.29 is 29.3 Å². The van der Waals surface area contributed by atoms with Crippen LogP contribution in [0.4, 0.5) is 0 Å². The minimum absolute atomic E-state index is 0.142.